The van der Waals surface area contributed by atoms with Gasteiger partial charge in [-0.2, -0.15) is 5.10 Å². The Kier molecular flexibility index (Phi) is 6.27. The number of hydrogen-bond donors (Lipinski definition) is 2. The Hall–Kier alpha value is -2.25. The zero-order chi connectivity index (χ0) is 18.4. The first-order chi connectivity index (χ1) is 11.8. The first-order valence-corrected chi connectivity index (χ1v) is 8.71. The van der Waals surface area contributed by atoms with Gasteiger partial charge in [0, 0.05) is 39.4 Å². The molecule has 1 saturated carbocycles. The molecule has 0 aliphatic heterocycles. The molecular formula is C17H30N6O2. The second kappa shape index (κ2) is 8.22. The van der Waals surface area contributed by atoms with E-state index in [2.05, 4.69) is 20.7 Å². The third-order valence-corrected chi connectivity index (χ3v) is 3.84. The minimum Gasteiger partial charge on any atom is -0.444 e. The third-order valence-electron chi connectivity index (χ3n) is 3.84. The molecular weight excluding hydrogens is 320 g/mol. The van der Waals surface area contributed by atoms with Gasteiger partial charge in [0.1, 0.15) is 5.60 Å². The molecule has 140 valence electrons. The van der Waals surface area contributed by atoms with Crippen molar-refractivity contribution in [3.05, 3.63) is 18.0 Å². The van der Waals surface area contributed by atoms with Crippen molar-refractivity contribution in [1.82, 2.24) is 25.3 Å². The van der Waals surface area contributed by atoms with Crippen LogP contribution in [-0.4, -0.2) is 58.5 Å². The van der Waals surface area contributed by atoms with Crippen LogP contribution in [0.4, 0.5) is 4.79 Å². The van der Waals surface area contributed by atoms with E-state index in [0.717, 1.165) is 18.5 Å². The van der Waals surface area contributed by atoms with Crippen molar-refractivity contribution in [2.45, 2.75) is 51.8 Å². The summed E-state index contributed by atoms with van der Waals surface area (Å²) in [5, 5.41) is 10.6. The number of aliphatic imine (C=N–C) groups is 1. The molecule has 0 atom stereocenters. The Morgan fingerprint density at radius 3 is 2.68 bits per heavy atom. The molecule has 1 aromatic heterocycles. The molecule has 1 aromatic rings. The van der Waals surface area contributed by atoms with E-state index in [1.165, 1.54) is 0 Å². The zero-order valence-corrected chi connectivity index (χ0v) is 15.9. The number of carbonyl (C=O) groups excluding carboxylic acids is 1. The van der Waals surface area contributed by atoms with Crippen LogP contribution in [-0.2, 0) is 18.3 Å². The Morgan fingerprint density at radius 1 is 1.44 bits per heavy atom. The van der Waals surface area contributed by atoms with Gasteiger partial charge in [-0.1, -0.05) is 0 Å². The van der Waals surface area contributed by atoms with Crippen LogP contribution < -0.4 is 10.6 Å². The third kappa shape index (κ3) is 6.28. The summed E-state index contributed by atoms with van der Waals surface area (Å²) < 4.78 is 7.32. The SMILES string of the molecule is CN=C(NCCN(C(=O)OC(C)(C)C)C1CC1)NCc1ccnn1C. The molecule has 2 N–H and O–H groups in total. The molecule has 8 nitrogen and oxygen atoms in total. The highest BCUT2D eigenvalue weighted by Gasteiger charge is 2.34. The van der Waals surface area contributed by atoms with E-state index >= 15 is 0 Å². The van der Waals surface area contributed by atoms with Crippen molar-refractivity contribution < 1.29 is 9.53 Å². The predicted octanol–water partition coefficient (Wildman–Crippen LogP) is 1.48. The van der Waals surface area contributed by atoms with E-state index in [4.69, 9.17) is 4.74 Å². The number of aryl methyl sites for hydroxylation is 1. The molecule has 0 aromatic carbocycles. The minimum absolute atomic E-state index is 0.241. The van der Waals surface area contributed by atoms with Crippen LogP contribution in [0.15, 0.2) is 17.3 Å². The molecule has 1 fully saturated rings. The quantitative estimate of drug-likeness (QED) is 0.600. The Bertz CT molecular complexity index is 601. The van der Waals surface area contributed by atoms with E-state index in [1.54, 1.807) is 13.2 Å². The second-order valence-corrected chi connectivity index (χ2v) is 7.20. The number of amides is 1. The molecule has 1 heterocycles. The number of carbonyl (C=O) groups is 1. The minimum atomic E-state index is -0.474. The van der Waals surface area contributed by atoms with Crippen molar-refractivity contribution in [2.75, 3.05) is 20.1 Å². The fourth-order valence-electron chi connectivity index (χ4n) is 2.39. The van der Waals surface area contributed by atoms with Gasteiger partial charge in [-0.05, 0) is 39.7 Å². The second-order valence-electron chi connectivity index (χ2n) is 7.20. The monoisotopic (exact) mass is 350 g/mol. The van der Waals surface area contributed by atoms with Crippen molar-refractivity contribution in [3.63, 3.8) is 0 Å². The molecule has 0 saturated heterocycles. The molecule has 25 heavy (non-hydrogen) atoms. The summed E-state index contributed by atoms with van der Waals surface area (Å²) in [6, 6.07) is 2.26. The van der Waals surface area contributed by atoms with Gasteiger partial charge in [-0.15, -0.1) is 0 Å². The Labute approximate surface area is 149 Å². The number of rotatable bonds is 6. The van der Waals surface area contributed by atoms with Gasteiger partial charge in [0.25, 0.3) is 0 Å². The largest absolute Gasteiger partial charge is 0.444 e. The maximum absolute atomic E-state index is 12.3. The van der Waals surface area contributed by atoms with Gasteiger partial charge in [-0.3, -0.25) is 9.67 Å². The summed E-state index contributed by atoms with van der Waals surface area (Å²) in [6.45, 7) is 7.50. The molecule has 8 heteroatoms. The van der Waals surface area contributed by atoms with Crippen LogP contribution >= 0.6 is 0 Å². The van der Waals surface area contributed by atoms with Crippen molar-refractivity contribution in [1.29, 1.82) is 0 Å². The maximum atomic E-state index is 12.3. The fourth-order valence-corrected chi connectivity index (χ4v) is 2.39. The van der Waals surface area contributed by atoms with Gasteiger partial charge >= 0.3 is 6.09 Å². The summed E-state index contributed by atoms with van der Waals surface area (Å²) in [6.07, 6.45) is 3.62. The van der Waals surface area contributed by atoms with Crippen molar-refractivity contribution in [3.8, 4) is 0 Å². The average Bonchev–Trinajstić information content (AvgIpc) is 3.27. The van der Waals surface area contributed by atoms with E-state index in [-0.39, 0.29) is 6.09 Å². The number of hydrogen-bond acceptors (Lipinski definition) is 4. The molecule has 2 rings (SSSR count). The van der Waals surface area contributed by atoms with E-state index in [9.17, 15) is 4.79 Å². The van der Waals surface area contributed by atoms with Gasteiger partial charge in [0.15, 0.2) is 5.96 Å². The topological polar surface area (TPSA) is 83.8 Å². The van der Waals surface area contributed by atoms with Crippen LogP contribution in [0.2, 0.25) is 0 Å². The lowest BCUT2D eigenvalue weighted by Gasteiger charge is -2.27. The van der Waals surface area contributed by atoms with Gasteiger partial charge in [0.2, 0.25) is 0 Å². The lowest BCUT2D eigenvalue weighted by atomic mass is 10.2. The average molecular weight is 350 g/mol. The lowest BCUT2D eigenvalue weighted by Crippen LogP contribution is -2.45. The molecule has 1 aliphatic carbocycles. The highest BCUT2D eigenvalue weighted by molar-refractivity contribution is 5.79. The van der Waals surface area contributed by atoms with E-state index < -0.39 is 5.60 Å². The molecule has 0 spiro atoms. The molecule has 1 amide bonds. The van der Waals surface area contributed by atoms with Gasteiger partial charge < -0.3 is 20.3 Å². The van der Waals surface area contributed by atoms with Crippen molar-refractivity contribution in [2.24, 2.45) is 12.0 Å². The van der Waals surface area contributed by atoms with Crippen molar-refractivity contribution >= 4 is 12.1 Å². The van der Waals surface area contributed by atoms with Crippen LogP contribution in [0.1, 0.15) is 39.3 Å². The molecule has 0 radical (unpaired) electrons. The molecule has 1 aliphatic rings. The molecule has 0 bridgehead atoms. The highest BCUT2D eigenvalue weighted by atomic mass is 16.6. The van der Waals surface area contributed by atoms with Crippen LogP contribution in [0, 0.1) is 0 Å². The Balaban J connectivity index is 1.78. The summed E-state index contributed by atoms with van der Waals surface area (Å²) in [4.78, 5) is 18.3. The first-order valence-electron chi connectivity index (χ1n) is 8.71. The smallest absolute Gasteiger partial charge is 0.410 e. The summed E-state index contributed by atoms with van der Waals surface area (Å²) in [5.74, 6) is 0.695. The standard InChI is InChI=1S/C17H30N6O2/c1-17(2,3)25-16(24)23(13-6-7-13)11-10-19-15(18-4)20-12-14-8-9-21-22(14)5/h8-9,13H,6-7,10-12H2,1-5H3,(H2,18,19,20). The predicted molar refractivity (Wildman–Crippen MR) is 97.4 cm³/mol. The van der Waals surface area contributed by atoms with Crippen LogP contribution in [0.3, 0.4) is 0 Å². The summed E-state index contributed by atoms with van der Waals surface area (Å²) >= 11 is 0. The highest BCUT2D eigenvalue weighted by Crippen LogP contribution is 2.27. The number of aromatic nitrogens is 2. The first kappa shape index (κ1) is 19.1. The van der Waals surface area contributed by atoms with Gasteiger partial charge in [0.05, 0.1) is 12.2 Å². The maximum Gasteiger partial charge on any atom is 0.410 e. The Morgan fingerprint density at radius 2 is 2.16 bits per heavy atom. The summed E-state index contributed by atoms with van der Waals surface area (Å²) in [5.41, 5.74) is 0.592. The number of ether oxygens (including phenoxy) is 1. The summed E-state index contributed by atoms with van der Waals surface area (Å²) in [7, 11) is 3.63. The van der Waals surface area contributed by atoms with E-state index in [1.807, 2.05) is 43.5 Å². The van der Waals surface area contributed by atoms with E-state index in [0.29, 0.717) is 31.6 Å². The lowest BCUT2D eigenvalue weighted by molar-refractivity contribution is 0.0238. The number of nitrogens with zero attached hydrogens (tertiary/aromatic N) is 4. The number of nitrogens with one attached hydrogen (secondary N) is 2. The van der Waals surface area contributed by atoms with Crippen LogP contribution in [0.25, 0.3) is 0 Å². The number of guanidine groups is 1. The normalized spacial score (nSPS) is 15.0. The van der Waals surface area contributed by atoms with Crippen LogP contribution in [0.5, 0.6) is 0 Å². The zero-order valence-electron chi connectivity index (χ0n) is 15.9. The fraction of sp³-hybridized carbons (Fsp3) is 0.706. The molecule has 0 unspecified atom stereocenters. The van der Waals surface area contributed by atoms with Gasteiger partial charge in [-0.25, -0.2) is 4.79 Å².